The number of nitrogens with one attached hydrogen (secondary N) is 1. The maximum absolute atomic E-state index is 11.9. The number of piperazine rings is 1. The molecule has 0 spiro atoms. The molecule has 1 atom stereocenters. The zero-order chi connectivity index (χ0) is 14.1. The zero-order valence-corrected chi connectivity index (χ0v) is 10.1. The first-order chi connectivity index (χ1) is 8.16. The van der Waals surface area contributed by atoms with Crippen LogP contribution in [0.3, 0.4) is 0 Å². The van der Waals surface area contributed by atoms with Gasteiger partial charge in [-0.1, -0.05) is 0 Å². The molecule has 4 N–H and O–H groups in total. The smallest absolute Gasteiger partial charge is 0.305 e. The Kier molecular flexibility index (Phi) is 3.70. The third-order valence-electron chi connectivity index (χ3n) is 2.76. The fraction of sp³-hybridized carbons (Fsp3) is 0.600. The minimum absolute atomic E-state index is 0.315. The van der Waals surface area contributed by atoms with Crippen LogP contribution < -0.4 is 11.1 Å². The summed E-state index contributed by atoms with van der Waals surface area (Å²) in [5.74, 6) is -3.18. The van der Waals surface area contributed by atoms with Crippen LogP contribution in [0.2, 0.25) is 0 Å². The lowest BCUT2D eigenvalue weighted by molar-refractivity contribution is -0.156. The third-order valence-corrected chi connectivity index (χ3v) is 2.76. The number of rotatable bonds is 3. The average molecular weight is 257 g/mol. The van der Waals surface area contributed by atoms with Crippen molar-refractivity contribution in [3.63, 3.8) is 0 Å². The van der Waals surface area contributed by atoms with Crippen LogP contribution in [0.5, 0.6) is 0 Å². The van der Waals surface area contributed by atoms with Crippen molar-refractivity contribution in [1.29, 1.82) is 0 Å². The predicted octanol–water partition coefficient (Wildman–Crippen LogP) is -1.95. The highest BCUT2D eigenvalue weighted by atomic mass is 16.4. The van der Waals surface area contributed by atoms with E-state index in [-0.39, 0.29) is 6.54 Å². The summed E-state index contributed by atoms with van der Waals surface area (Å²) in [6, 6.07) is -1.28. The topological polar surface area (TPSA) is 130 Å². The van der Waals surface area contributed by atoms with Gasteiger partial charge in [0.25, 0.3) is 5.91 Å². The summed E-state index contributed by atoms with van der Waals surface area (Å²) in [5, 5.41) is 10.7. The average Bonchev–Trinajstić information content (AvgIpc) is 2.21. The van der Waals surface area contributed by atoms with Crippen molar-refractivity contribution >= 4 is 23.7 Å². The van der Waals surface area contributed by atoms with Crippen molar-refractivity contribution in [3.05, 3.63) is 0 Å². The number of carboxylic acids is 1. The SMILES string of the molecule is CC1(C)C(=O)NC(=O)CN1C(=O)C(N)CC(=O)O. The minimum atomic E-state index is -1.28. The molecule has 0 aromatic rings. The Balaban J connectivity index is 2.91. The van der Waals surface area contributed by atoms with Crippen LogP contribution >= 0.6 is 0 Å². The van der Waals surface area contributed by atoms with Crippen molar-refractivity contribution in [3.8, 4) is 0 Å². The number of nitrogens with two attached hydrogens (primary N) is 1. The Morgan fingerprint density at radius 2 is 2.06 bits per heavy atom. The van der Waals surface area contributed by atoms with Gasteiger partial charge >= 0.3 is 5.97 Å². The summed E-state index contributed by atoms with van der Waals surface area (Å²) >= 11 is 0. The Bertz CT molecular complexity index is 418. The van der Waals surface area contributed by atoms with Crippen LogP contribution in [0.15, 0.2) is 0 Å². The number of nitrogens with zero attached hydrogens (tertiary/aromatic N) is 1. The minimum Gasteiger partial charge on any atom is -0.481 e. The fourth-order valence-electron chi connectivity index (χ4n) is 1.61. The van der Waals surface area contributed by atoms with Crippen LogP contribution in [-0.2, 0) is 19.2 Å². The molecular formula is C10H15N3O5. The molecule has 100 valence electrons. The van der Waals surface area contributed by atoms with Crippen LogP contribution in [0.1, 0.15) is 20.3 Å². The van der Waals surface area contributed by atoms with Gasteiger partial charge < -0.3 is 15.7 Å². The van der Waals surface area contributed by atoms with Crippen molar-refractivity contribution in [1.82, 2.24) is 10.2 Å². The lowest BCUT2D eigenvalue weighted by atomic mass is 9.97. The lowest BCUT2D eigenvalue weighted by Crippen LogP contribution is -2.67. The molecule has 8 nitrogen and oxygen atoms in total. The number of carbonyl (C=O) groups is 4. The number of aliphatic carboxylic acids is 1. The van der Waals surface area contributed by atoms with E-state index in [9.17, 15) is 19.2 Å². The predicted molar refractivity (Wildman–Crippen MR) is 59.2 cm³/mol. The van der Waals surface area contributed by atoms with Crippen molar-refractivity contribution < 1.29 is 24.3 Å². The maximum Gasteiger partial charge on any atom is 0.305 e. The van der Waals surface area contributed by atoms with Crippen LogP contribution in [0.25, 0.3) is 0 Å². The van der Waals surface area contributed by atoms with Gasteiger partial charge in [-0.05, 0) is 13.8 Å². The second-order valence-electron chi connectivity index (χ2n) is 4.57. The first-order valence-corrected chi connectivity index (χ1v) is 5.29. The molecule has 1 saturated heterocycles. The van der Waals surface area contributed by atoms with E-state index >= 15 is 0 Å². The van der Waals surface area contributed by atoms with E-state index in [1.165, 1.54) is 13.8 Å². The Labute approximate surface area is 103 Å². The van der Waals surface area contributed by atoms with E-state index < -0.39 is 41.7 Å². The highest BCUT2D eigenvalue weighted by Gasteiger charge is 2.44. The largest absolute Gasteiger partial charge is 0.481 e. The monoisotopic (exact) mass is 257 g/mol. The van der Waals surface area contributed by atoms with Gasteiger partial charge in [-0.25, -0.2) is 0 Å². The van der Waals surface area contributed by atoms with Gasteiger partial charge in [0.1, 0.15) is 12.1 Å². The Morgan fingerprint density at radius 3 is 2.56 bits per heavy atom. The Hall–Kier alpha value is -1.96. The number of carbonyl (C=O) groups excluding carboxylic acids is 3. The van der Waals surface area contributed by atoms with E-state index in [4.69, 9.17) is 10.8 Å². The van der Waals surface area contributed by atoms with Gasteiger partial charge in [-0.2, -0.15) is 0 Å². The van der Waals surface area contributed by atoms with Crippen molar-refractivity contribution in [2.24, 2.45) is 5.73 Å². The van der Waals surface area contributed by atoms with Crippen molar-refractivity contribution in [2.45, 2.75) is 31.8 Å². The van der Waals surface area contributed by atoms with Gasteiger partial charge in [0.2, 0.25) is 11.8 Å². The quantitative estimate of drug-likeness (QED) is 0.504. The molecule has 0 aromatic heterocycles. The van der Waals surface area contributed by atoms with Crippen LogP contribution in [-0.4, -0.2) is 51.8 Å². The molecule has 0 saturated carbocycles. The normalized spacial score (nSPS) is 20.3. The van der Waals surface area contributed by atoms with Crippen LogP contribution in [0.4, 0.5) is 0 Å². The number of imide groups is 1. The molecule has 0 aromatic carbocycles. The van der Waals surface area contributed by atoms with Crippen molar-refractivity contribution in [2.75, 3.05) is 6.54 Å². The first kappa shape index (κ1) is 14.1. The first-order valence-electron chi connectivity index (χ1n) is 5.29. The molecule has 1 aliphatic rings. The molecule has 18 heavy (non-hydrogen) atoms. The summed E-state index contributed by atoms with van der Waals surface area (Å²) in [4.78, 5) is 46.3. The summed E-state index contributed by atoms with van der Waals surface area (Å²) < 4.78 is 0. The van der Waals surface area contributed by atoms with E-state index in [1.807, 2.05) is 0 Å². The molecule has 1 fully saturated rings. The van der Waals surface area contributed by atoms with Gasteiger partial charge in [-0.15, -0.1) is 0 Å². The third kappa shape index (κ3) is 2.65. The van der Waals surface area contributed by atoms with Crippen LogP contribution in [0, 0.1) is 0 Å². The van der Waals surface area contributed by atoms with E-state index in [0.29, 0.717) is 0 Å². The van der Waals surface area contributed by atoms with E-state index in [0.717, 1.165) is 4.90 Å². The Morgan fingerprint density at radius 1 is 1.50 bits per heavy atom. The number of hydrogen-bond acceptors (Lipinski definition) is 5. The molecule has 1 heterocycles. The molecule has 8 heteroatoms. The van der Waals surface area contributed by atoms with Gasteiger partial charge in [0.15, 0.2) is 0 Å². The van der Waals surface area contributed by atoms with Gasteiger partial charge in [0.05, 0.1) is 12.5 Å². The molecule has 1 unspecified atom stereocenters. The zero-order valence-electron chi connectivity index (χ0n) is 10.1. The molecule has 0 radical (unpaired) electrons. The summed E-state index contributed by atoms with van der Waals surface area (Å²) in [6.07, 6.45) is -0.554. The molecule has 1 aliphatic heterocycles. The molecule has 0 bridgehead atoms. The lowest BCUT2D eigenvalue weighted by Gasteiger charge is -2.41. The summed E-state index contributed by atoms with van der Waals surface area (Å²) in [6.45, 7) is 2.60. The molecule has 0 aliphatic carbocycles. The maximum atomic E-state index is 11.9. The second-order valence-corrected chi connectivity index (χ2v) is 4.57. The van der Waals surface area contributed by atoms with E-state index in [1.54, 1.807) is 0 Å². The number of amides is 3. The number of hydrogen-bond donors (Lipinski definition) is 3. The molecular weight excluding hydrogens is 242 g/mol. The fourth-order valence-corrected chi connectivity index (χ4v) is 1.61. The molecule has 3 amide bonds. The second kappa shape index (κ2) is 4.73. The van der Waals surface area contributed by atoms with E-state index in [2.05, 4.69) is 5.32 Å². The molecule has 1 rings (SSSR count). The standard InChI is InChI=1S/C10H15N3O5/c1-10(2)9(18)12-6(14)4-13(10)8(17)5(11)3-7(15)16/h5H,3-4,11H2,1-2H3,(H,15,16)(H,12,14,18). The van der Waals surface area contributed by atoms with Gasteiger partial charge in [-0.3, -0.25) is 24.5 Å². The number of carboxylic acid groups (broad SMARTS) is 1. The van der Waals surface area contributed by atoms with Gasteiger partial charge in [0, 0.05) is 0 Å². The summed E-state index contributed by atoms with van der Waals surface area (Å²) in [7, 11) is 0. The summed E-state index contributed by atoms with van der Waals surface area (Å²) in [5.41, 5.74) is 4.21. The highest BCUT2D eigenvalue weighted by molar-refractivity contribution is 6.06. The highest BCUT2D eigenvalue weighted by Crippen LogP contribution is 2.19.